The van der Waals surface area contributed by atoms with Gasteiger partial charge in [-0.15, -0.1) is 0 Å². The Bertz CT molecular complexity index is 1530. The van der Waals surface area contributed by atoms with Crippen molar-refractivity contribution < 1.29 is 0 Å². The largest absolute Gasteiger partial charge is 0.249 e. The third-order valence-electron chi connectivity index (χ3n) is 6.84. The van der Waals surface area contributed by atoms with Gasteiger partial charge in [0.1, 0.15) is 0 Å². The number of nitrogens with zero attached hydrogens (tertiary/aromatic N) is 4. The fraction of sp³-hybridized carbons (Fsp3) is 0.188. The van der Waals surface area contributed by atoms with E-state index in [9.17, 15) is 0 Å². The predicted molar refractivity (Wildman–Crippen MR) is 152 cm³/mol. The molecular formula is C32H28N4. The number of aliphatic imine (C=N–C) groups is 4. The standard InChI is InChI=1S/C32H28N4/c1-4-20-13-21(5-2)32(22(6-3)14-20)30-18-29-17-27-10-9-25(34-27)15-23-7-8-24(33-23)16-26-11-12-28(35-26)19-31(30)36-29/h7-19H,4-6H2,1-3H3. The molecular weight excluding hydrogens is 440 g/mol. The van der Waals surface area contributed by atoms with Crippen LogP contribution in [0.25, 0.3) is 5.57 Å². The predicted octanol–water partition coefficient (Wildman–Crippen LogP) is 6.79. The first-order valence-electron chi connectivity index (χ1n) is 12.7. The molecule has 0 radical (unpaired) electrons. The van der Waals surface area contributed by atoms with Gasteiger partial charge in [0, 0.05) is 5.57 Å². The van der Waals surface area contributed by atoms with Crippen LogP contribution in [-0.2, 0) is 19.3 Å². The molecule has 6 rings (SSSR count). The maximum Gasteiger partial charge on any atom is 0.0737 e. The highest BCUT2D eigenvalue weighted by Gasteiger charge is 2.22. The van der Waals surface area contributed by atoms with Crippen molar-refractivity contribution in [3.05, 3.63) is 124 Å². The third-order valence-corrected chi connectivity index (χ3v) is 6.84. The highest BCUT2D eigenvalue weighted by atomic mass is 14.8. The Labute approximate surface area is 212 Å². The zero-order valence-electron chi connectivity index (χ0n) is 20.9. The van der Waals surface area contributed by atoms with Gasteiger partial charge in [0.2, 0.25) is 0 Å². The minimum Gasteiger partial charge on any atom is -0.249 e. The van der Waals surface area contributed by atoms with Crippen LogP contribution in [0.1, 0.15) is 43.0 Å². The molecule has 0 saturated heterocycles. The summed E-state index contributed by atoms with van der Waals surface area (Å²) in [6.45, 7) is 6.70. The summed E-state index contributed by atoms with van der Waals surface area (Å²) in [7, 11) is 0. The van der Waals surface area contributed by atoms with Crippen LogP contribution in [0.2, 0.25) is 0 Å². The Kier molecular flexibility index (Phi) is 5.65. The molecule has 0 aromatic heterocycles. The van der Waals surface area contributed by atoms with Gasteiger partial charge in [-0.25, -0.2) is 20.0 Å². The SMILES string of the molecule is CCc1cc(CC)c(C2=CC3=CC4=NC(=CC5=NC(=CC6=NC(=CC2=N3)C=C6)C=C5)C=C4)c(CC)c1. The van der Waals surface area contributed by atoms with Crippen LogP contribution in [0.5, 0.6) is 0 Å². The zero-order valence-corrected chi connectivity index (χ0v) is 20.9. The van der Waals surface area contributed by atoms with Crippen LogP contribution in [0.3, 0.4) is 0 Å². The Hall–Kier alpha value is -4.18. The van der Waals surface area contributed by atoms with E-state index < -0.39 is 0 Å². The summed E-state index contributed by atoms with van der Waals surface area (Å²) >= 11 is 0. The van der Waals surface area contributed by atoms with Crippen LogP contribution in [0, 0.1) is 0 Å². The lowest BCUT2D eigenvalue weighted by molar-refractivity contribution is 1.03. The summed E-state index contributed by atoms with van der Waals surface area (Å²) in [6, 6.07) is 4.72. The van der Waals surface area contributed by atoms with Gasteiger partial charge in [0.25, 0.3) is 0 Å². The lowest BCUT2D eigenvalue weighted by Gasteiger charge is -2.17. The Balaban J connectivity index is 1.53. The summed E-state index contributed by atoms with van der Waals surface area (Å²) in [5.74, 6) is 0. The summed E-state index contributed by atoms with van der Waals surface area (Å²) in [5, 5.41) is 0. The van der Waals surface area contributed by atoms with Gasteiger partial charge in [0.05, 0.1) is 45.6 Å². The molecule has 1 aromatic rings. The second-order valence-corrected chi connectivity index (χ2v) is 9.29. The molecule has 5 aliphatic rings. The highest BCUT2D eigenvalue weighted by molar-refractivity contribution is 6.33. The number of allylic oxidation sites excluding steroid dienone is 12. The van der Waals surface area contributed by atoms with E-state index in [1.807, 2.05) is 48.6 Å². The maximum atomic E-state index is 5.06. The monoisotopic (exact) mass is 468 g/mol. The van der Waals surface area contributed by atoms with Crippen molar-refractivity contribution in [1.82, 2.24) is 0 Å². The number of fused-ring (bicyclic) bond motifs is 4. The van der Waals surface area contributed by atoms with Gasteiger partial charge < -0.3 is 0 Å². The summed E-state index contributed by atoms with van der Waals surface area (Å²) in [4.78, 5) is 19.4. The smallest absolute Gasteiger partial charge is 0.0737 e. The molecule has 0 amide bonds. The second kappa shape index (κ2) is 9.12. The van der Waals surface area contributed by atoms with Crippen molar-refractivity contribution in [1.29, 1.82) is 0 Å². The van der Waals surface area contributed by atoms with E-state index in [-0.39, 0.29) is 0 Å². The van der Waals surface area contributed by atoms with Gasteiger partial charge in [0.15, 0.2) is 0 Å². The molecule has 8 bridgehead atoms. The number of benzene rings is 1. The van der Waals surface area contributed by atoms with Gasteiger partial charge in [-0.2, -0.15) is 0 Å². The first-order chi connectivity index (χ1) is 17.6. The molecule has 176 valence electrons. The lowest BCUT2D eigenvalue weighted by Crippen LogP contribution is -2.05. The van der Waals surface area contributed by atoms with Crippen molar-refractivity contribution >= 4 is 28.4 Å². The van der Waals surface area contributed by atoms with Gasteiger partial charge >= 0.3 is 0 Å². The van der Waals surface area contributed by atoms with Crippen molar-refractivity contribution in [2.75, 3.05) is 0 Å². The minimum atomic E-state index is 0.891. The molecule has 0 N–H and O–H groups in total. The molecule has 0 aliphatic carbocycles. The second-order valence-electron chi connectivity index (χ2n) is 9.29. The fourth-order valence-electron chi connectivity index (χ4n) is 5.05. The van der Waals surface area contributed by atoms with Gasteiger partial charge in [-0.05, 0) is 108 Å². The summed E-state index contributed by atoms with van der Waals surface area (Å²) in [6.07, 6.45) is 25.5. The van der Waals surface area contributed by atoms with E-state index in [1.54, 1.807) is 0 Å². The molecule has 0 atom stereocenters. The topological polar surface area (TPSA) is 49.4 Å². The number of aryl methyl sites for hydroxylation is 3. The normalized spacial score (nSPS) is 19.4. The van der Waals surface area contributed by atoms with Crippen molar-refractivity contribution in [2.45, 2.75) is 40.0 Å². The first kappa shape index (κ1) is 22.3. The van der Waals surface area contributed by atoms with Crippen molar-refractivity contribution in [3.8, 4) is 0 Å². The molecule has 0 fully saturated rings. The highest BCUT2D eigenvalue weighted by Crippen LogP contribution is 2.34. The Morgan fingerprint density at radius 1 is 0.500 bits per heavy atom. The van der Waals surface area contributed by atoms with E-state index in [1.165, 1.54) is 22.3 Å². The van der Waals surface area contributed by atoms with Crippen molar-refractivity contribution in [2.24, 2.45) is 20.0 Å². The quantitative estimate of drug-likeness (QED) is 0.467. The Morgan fingerprint density at radius 3 is 1.50 bits per heavy atom. The number of hydrogen-bond acceptors (Lipinski definition) is 4. The molecule has 36 heavy (non-hydrogen) atoms. The molecule has 5 heterocycles. The van der Waals surface area contributed by atoms with E-state index in [2.05, 4.69) is 51.1 Å². The van der Waals surface area contributed by atoms with Crippen LogP contribution in [0.15, 0.2) is 122 Å². The van der Waals surface area contributed by atoms with Crippen LogP contribution >= 0.6 is 0 Å². The van der Waals surface area contributed by atoms with Gasteiger partial charge in [-0.3, -0.25) is 0 Å². The molecule has 0 saturated carbocycles. The number of rotatable bonds is 4. The average molecular weight is 469 g/mol. The van der Waals surface area contributed by atoms with Crippen LogP contribution in [-0.4, -0.2) is 22.8 Å². The van der Waals surface area contributed by atoms with E-state index in [4.69, 9.17) is 20.0 Å². The molecule has 5 aliphatic heterocycles. The maximum absolute atomic E-state index is 5.06. The molecule has 4 nitrogen and oxygen atoms in total. The van der Waals surface area contributed by atoms with Gasteiger partial charge in [-0.1, -0.05) is 32.9 Å². The molecule has 4 heteroatoms. The summed E-state index contributed by atoms with van der Waals surface area (Å²) < 4.78 is 0. The van der Waals surface area contributed by atoms with E-state index in [0.717, 1.165) is 70.5 Å². The third kappa shape index (κ3) is 4.20. The fourth-order valence-corrected chi connectivity index (χ4v) is 5.05. The molecule has 0 spiro atoms. The minimum absolute atomic E-state index is 0.891. The average Bonchev–Trinajstić information content (AvgIpc) is 3.68. The van der Waals surface area contributed by atoms with Crippen LogP contribution in [0.4, 0.5) is 0 Å². The Morgan fingerprint density at radius 2 is 1.00 bits per heavy atom. The van der Waals surface area contributed by atoms with E-state index in [0.29, 0.717) is 0 Å². The lowest BCUT2D eigenvalue weighted by atomic mass is 9.87. The van der Waals surface area contributed by atoms with E-state index >= 15 is 0 Å². The summed E-state index contributed by atoms with van der Waals surface area (Å²) in [5.41, 5.74) is 13.8. The zero-order chi connectivity index (χ0) is 24.6. The molecule has 1 aromatic carbocycles. The van der Waals surface area contributed by atoms with Crippen molar-refractivity contribution in [3.63, 3.8) is 0 Å². The molecule has 0 unspecified atom stereocenters. The van der Waals surface area contributed by atoms with Crippen LogP contribution < -0.4 is 0 Å². The first-order valence-corrected chi connectivity index (χ1v) is 12.7. The number of hydrogen-bond donors (Lipinski definition) is 0.